The predicted octanol–water partition coefficient (Wildman–Crippen LogP) is 1.21. The van der Waals surface area contributed by atoms with E-state index in [0.29, 0.717) is 38.4 Å². The molecule has 25 heavy (non-hydrogen) atoms. The minimum Gasteiger partial charge on any atom is -0.486 e. The Kier molecular flexibility index (Phi) is 5.70. The molecule has 2 atom stereocenters. The number of ether oxygens (including phenoxy) is 2. The third-order valence-corrected chi connectivity index (χ3v) is 5.31. The lowest BCUT2D eigenvalue weighted by Gasteiger charge is -2.18. The van der Waals surface area contributed by atoms with Gasteiger partial charge in [-0.1, -0.05) is 0 Å². The van der Waals surface area contributed by atoms with Crippen molar-refractivity contribution in [3.63, 3.8) is 0 Å². The van der Waals surface area contributed by atoms with Crippen molar-refractivity contribution in [2.45, 2.75) is 29.8 Å². The molecule has 2 aliphatic heterocycles. The van der Waals surface area contributed by atoms with Gasteiger partial charge in [0.25, 0.3) is 0 Å². The van der Waals surface area contributed by atoms with Crippen LogP contribution in [-0.4, -0.2) is 66.5 Å². The van der Waals surface area contributed by atoms with E-state index >= 15 is 0 Å². The molecule has 0 saturated carbocycles. The Morgan fingerprint density at radius 1 is 1.32 bits per heavy atom. The van der Waals surface area contributed by atoms with Crippen LogP contribution in [0.4, 0.5) is 0 Å². The molecule has 1 fully saturated rings. The van der Waals surface area contributed by atoms with Gasteiger partial charge >= 0.3 is 5.97 Å². The average molecular weight is 366 g/mol. The van der Waals surface area contributed by atoms with E-state index in [-0.39, 0.29) is 11.9 Å². The topological polar surface area (TPSA) is 88.1 Å². The van der Waals surface area contributed by atoms with Crippen LogP contribution in [0.5, 0.6) is 11.5 Å². The summed E-state index contributed by atoms with van der Waals surface area (Å²) in [5.41, 5.74) is 0. The number of amides is 1. The Labute approximate surface area is 150 Å². The molecule has 0 aromatic heterocycles. The maximum atomic E-state index is 12.1. The van der Waals surface area contributed by atoms with Gasteiger partial charge in [0, 0.05) is 29.7 Å². The molecular formula is C17H22N2O5S. The number of carbonyl (C=O) groups excluding carboxylic acids is 1. The molecule has 2 heterocycles. The zero-order chi connectivity index (χ0) is 17.8. The highest BCUT2D eigenvalue weighted by molar-refractivity contribution is 7.99. The molecule has 1 aromatic rings. The van der Waals surface area contributed by atoms with E-state index in [1.807, 2.05) is 18.2 Å². The second-order valence-electron chi connectivity index (χ2n) is 6.20. The first kappa shape index (κ1) is 17.9. The lowest BCUT2D eigenvalue weighted by atomic mass is 10.1. The minimum absolute atomic E-state index is 0.0468. The fourth-order valence-electron chi connectivity index (χ4n) is 3.07. The number of benzene rings is 1. The third-order valence-electron chi connectivity index (χ3n) is 4.31. The monoisotopic (exact) mass is 366 g/mol. The zero-order valence-corrected chi connectivity index (χ0v) is 14.9. The Morgan fingerprint density at radius 2 is 2.08 bits per heavy atom. The van der Waals surface area contributed by atoms with E-state index in [0.717, 1.165) is 16.4 Å². The summed E-state index contributed by atoms with van der Waals surface area (Å²) in [6, 6.07) is 5.16. The minimum atomic E-state index is -0.839. The molecule has 0 unspecified atom stereocenters. The predicted molar refractivity (Wildman–Crippen MR) is 93.4 cm³/mol. The highest BCUT2D eigenvalue weighted by Gasteiger charge is 2.34. The Hall–Kier alpha value is -1.93. The van der Waals surface area contributed by atoms with Crippen molar-refractivity contribution in [1.29, 1.82) is 0 Å². The van der Waals surface area contributed by atoms with Crippen LogP contribution >= 0.6 is 11.8 Å². The molecule has 3 rings (SSSR count). The maximum Gasteiger partial charge on any atom is 0.320 e. The molecule has 8 heteroatoms. The van der Waals surface area contributed by atoms with Crippen molar-refractivity contribution < 1.29 is 24.2 Å². The second-order valence-corrected chi connectivity index (χ2v) is 7.37. The lowest BCUT2D eigenvalue weighted by Crippen LogP contribution is -2.36. The van der Waals surface area contributed by atoms with Gasteiger partial charge in [-0.3, -0.25) is 14.5 Å². The molecule has 0 aliphatic carbocycles. The van der Waals surface area contributed by atoms with Crippen LogP contribution in [-0.2, 0) is 9.59 Å². The van der Waals surface area contributed by atoms with Crippen molar-refractivity contribution in [1.82, 2.24) is 10.2 Å². The number of carbonyl (C=O) groups is 2. The van der Waals surface area contributed by atoms with Crippen LogP contribution in [0.3, 0.4) is 0 Å². The molecule has 136 valence electrons. The van der Waals surface area contributed by atoms with Crippen molar-refractivity contribution in [2.75, 3.05) is 32.6 Å². The summed E-state index contributed by atoms with van der Waals surface area (Å²) in [4.78, 5) is 26.0. The number of nitrogens with zero attached hydrogens (tertiary/aromatic N) is 1. The Bertz CT molecular complexity index is 654. The number of likely N-dealkylation sites (tertiary alicyclic amines) is 1. The Morgan fingerprint density at radius 3 is 2.80 bits per heavy atom. The summed E-state index contributed by atoms with van der Waals surface area (Å²) >= 11 is 1.58. The fourth-order valence-corrected chi connectivity index (χ4v) is 3.95. The second kappa shape index (κ2) is 7.97. The van der Waals surface area contributed by atoms with E-state index < -0.39 is 12.0 Å². The summed E-state index contributed by atoms with van der Waals surface area (Å²) in [7, 11) is 1.77. The third kappa shape index (κ3) is 4.58. The molecule has 2 N–H and O–H groups in total. The van der Waals surface area contributed by atoms with E-state index in [2.05, 4.69) is 5.32 Å². The first-order valence-corrected chi connectivity index (χ1v) is 9.26. The first-order valence-electron chi connectivity index (χ1n) is 8.28. The van der Waals surface area contributed by atoms with E-state index in [1.165, 1.54) is 0 Å². The number of carboxylic acid groups (broad SMARTS) is 1. The Balaban J connectivity index is 1.42. The fraction of sp³-hybridized carbons (Fsp3) is 0.529. The molecule has 2 aliphatic rings. The van der Waals surface area contributed by atoms with Gasteiger partial charge < -0.3 is 19.9 Å². The molecule has 0 bridgehead atoms. The summed E-state index contributed by atoms with van der Waals surface area (Å²) in [6.45, 7) is 1.69. The summed E-state index contributed by atoms with van der Waals surface area (Å²) < 4.78 is 11.0. The quantitative estimate of drug-likeness (QED) is 0.732. The molecule has 0 spiro atoms. The van der Waals surface area contributed by atoms with E-state index in [9.17, 15) is 9.59 Å². The summed E-state index contributed by atoms with van der Waals surface area (Å²) in [5.74, 6) is 1.26. The van der Waals surface area contributed by atoms with Gasteiger partial charge in [-0.2, -0.15) is 0 Å². The largest absolute Gasteiger partial charge is 0.486 e. The first-order chi connectivity index (χ1) is 12.0. The molecular weight excluding hydrogens is 344 g/mol. The molecule has 1 aromatic carbocycles. The van der Waals surface area contributed by atoms with Crippen molar-refractivity contribution >= 4 is 23.6 Å². The van der Waals surface area contributed by atoms with Crippen molar-refractivity contribution in [3.8, 4) is 11.5 Å². The van der Waals surface area contributed by atoms with Crippen LogP contribution in [0.15, 0.2) is 23.1 Å². The number of hydrogen-bond donors (Lipinski definition) is 2. The number of fused-ring (bicyclic) bond motifs is 1. The van der Waals surface area contributed by atoms with E-state index in [1.54, 1.807) is 23.7 Å². The SMILES string of the molecule is CN1C[C@@H](NC(=O)CCSc2ccc3c(c2)OCCO3)C[C@H]1C(=O)O. The van der Waals surface area contributed by atoms with Gasteiger partial charge in [-0.25, -0.2) is 0 Å². The standard InChI is InChI=1S/C17H22N2O5S/c1-19-10-11(8-13(19)17(21)22)18-16(20)4-7-25-12-2-3-14-15(9-12)24-6-5-23-14/h2-3,9,11,13H,4-8,10H2,1H3,(H,18,20)(H,21,22)/t11-,13-/m0/s1. The van der Waals surface area contributed by atoms with E-state index in [4.69, 9.17) is 14.6 Å². The molecule has 0 radical (unpaired) electrons. The van der Waals surface area contributed by atoms with Crippen LogP contribution in [0.1, 0.15) is 12.8 Å². The average Bonchev–Trinajstić information content (AvgIpc) is 2.95. The maximum absolute atomic E-state index is 12.1. The summed E-state index contributed by atoms with van der Waals surface area (Å²) in [6.07, 6.45) is 0.837. The number of nitrogens with one attached hydrogen (secondary N) is 1. The number of likely N-dealkylation sites (N-methyl/N-ethyl adjacent to an activating group) is 1. The number of rotatable bonds is 6. The zero-order valence-electron chi connectivity index (χ0n) is 14.1. The smallest absolute Gasteiger partial charge is 0.320 e. The van der Waals surface area contributed by atoms with Crippen LogP contribution < -0.4 is 14.8 Å². The van der Waals surface area contributed by atoms with Gasteiger partial charge in [0.15, 0.2) is 11.5 Å². The number of carboxylic acids is 1. The molecule has 1 amide bonds. The van der Waals surface area contributed by atoms with Gasteiger partial charge in [0.05, 0.1) is 0 Å². The number of aliphatic carboxylic acids is 1. The molecule has 1 saturated heterocycles. The van der Waals surface area contributed by atoms with Crippen molar-refractivity contribution in [2.24, 2.45) is 0 Å². The lowest BCUT2D eigenvalue weighted by molar-refractivity contribution is -0.141. The number of thioether (sulfide) groups is 1. The highest BCUT2D eigenvalue weighted by Crippen LogP contribution is 2.34. The number of hydrogen-bond acceptors (Lipinski definition) is 6. The van der Waals surface area contributed by atoms with Gasteiger partial charge in [-0.05, 0) is 31.7 Å². The highest BCUT2D eigenvalue weighted by atomic mass is 32.2. The van der Waals surface area contributed by atoms with Crippen LogP contribution in [0.25, 0.3) is 0 Å². The summed E-state index contributed by atoms with van der Waals surface area (Å²) in [5, 5.41) is 12.0. The van der Waals surface area contributed by atoms with Crippen LogP contribution in [0.2, 0.25) is 0 Å². The van der Waals surface area contributed by atoms with Crippen LogP contribution in [0, 0.1) is 0 Å². The van der Waals surface area contributed by atoms with Gasteiger partial charge in [0.2, 0.25) is 5.91 Å². The van der Waals surface area contributed by atoms with Gasteiger partial charge in [-0.15, -0.1) is 11.8 Å². The van der Waals surface area contributed by atoms with Crippen molar-refractivity contribution in [3.05, 3.63) is 18.2 Å². The normalized spacial score (nSPS) is 22.6. The molecule has 7 nitrogen and oxygen atoms in total. The van der Waals surface area contributed by atoms with Gasteiger partial charge in [0.1, 0.15) is 19.3 Å².